The molecule has 0 saturated heterocycles. The van der Waals surface area contributed by atoms with Crippen molar-refractivity contribution in [1.29, 1.82) is 0 Å². The Morgan fingerprint density at radius 1 is 1.42 bits per heavy atom. The molecule has 0 aliphatic heterocycles. The molecule has 102 valence electrons. The summed E-state index contributed by atoms with van der Waals surface area (Å²) >= 11 is 1.56. The van der Waals surface area contributed by atoms with Gasteiger partial charge in [0.05, 0.1) is 5.56 Å². The second-order valence-electron chi connectivity index (χ2n) is 4.29. The molecule has 2 heterocycles. The highest BCUT2D eigenvalue weighted by atomic mass is 32.1. The third-order valence-electron chi connectivity index (χ3n) is 2.95. The van der Waals surface area contributed by atoms with Crippen LogP contribution in [-0.2, 0) is 0 Å². The first kappa shape index (κ1) is 13.8. The standard InChI is InChI=1S/C13H18N4OS/c1-9-8-11(12(18)15-5-4-14-3)10(2)17(9)13-16-6-7-19-13/h6-8,14H,4-5H2,1-3H3,(H,15,18). The number of hydrogen-bond donors (Lipinski definition) is 2. The van der Waals surface area contributed by atoms with Crippen molar-refractivity contribution in [1.82, 2.24) is 20.2 Å². The Morgan fingerprint density at radius 2 is 2.21 bits per heavy atom. The number of nitrogens with zero attached hydrogens (tertiary/aromatic N) is 2. The van der Waals surface area contributed by atoms with Crippen LogP contribution in [0.25, 0.3) is 5.13 Å². The average Bonchev–Trinajstić information content (AvgIpc) is 2.98. The van der Waals surface area contributed by atoms with Gasteiger partial charge in [-0.2, -0.15) is 0 Å². The molecule has 5 nitrogen and oxygen atoms in total. The van der Waals surface area contributed by atoms with Gasteiger partial charge in [0, 0.05) is 36.1 Å². The minimum absolute atomic E-state index is 0.0360. The van der Waals surface area contributed by atoms with Gasteiger partial charge in [-0.15, -0.1) is 11.3 Å². The van der Waals surface area contributed by atoms with Gasteiger partial charge in [0.2, 0.25) is 0 Å². The summed E-state index contributed by atoms with van der Waals surface area (Å²) in [5.41, 5.74) is 2.66. The summed E-state index contributed by atoms with van der Waals surface area (Å²) in [6.07, 6.45) is 1.77. The van der Waals surface area contributed by atoms with Crippen LogP contribution in [-0.4, -0.2) is 35.6 Å². The van der Waals surface area contributed by atoms with Crippen molar-refractivity contribution in [2.75, 3.05) is 20.1 Å². The SMILES string of the molecule is CNCCNC(=O)c1cc(C)n(-c2nccs2)c1C. The minimum Gasteiger partial charge on any atom is -0.351 e. The van der Waals surface area contributed by atoms with E-state index in [1.54, 1.807) is 17.5 Å². The van der Waals surface area contributed by atoms with Crippen LogP contribution in [0.4, 0.5) is 0 Å². The maximum Gasteiger partial charge on any atom is 0.253 e. The minimum atomic E-state index is -0.0360. The zero-order valence-electron chi connectivity index (χ0n) is 11.4. The molecule has 0 spiro atoms. The molecule has 0 aliphatic carbocycles. The lowest BCUT2D eigenvalue weighted by Crippen LogP contribution is -2.30. The first-order valence-corrected chi connectivity index (χ1v) is 7.04. The van der Waals surface area contributed by atoms with Crippen LogP contribution in [0.1, 0.15) is 21.7 Å². The first-order valence-electron chi connectivity index (χ1n) is 6.16. The van der Waals surface area contributed by atoms with Gasteiger partial charge in [0.25, 0.3) is 5.91 Å². The van der Waals surface area contributed by atoms with Gasteiger partial charge >= 0.3 is 0 Å². The van der Waals surface area contributed by atoms with Crippen LogP contribution < -0.4 is 10.6 Å². The molecule has 2 rings (SSSR count). The Labute approximate surface area is 116 Å². The van der Waals surface area contributed by atoms with E-state index in [1.807, 2.05) is 36.9 Å². The number of nitrogens with one attached hydrogen (secondary N) is 2. The van der Waals surface area contributed by atoms with E-state index < -0.39 is 0 Å². The number of aromatic nitrogens is 2. The van der Waals surface area contributed by atoms with E-state index in [4.69, 9.17) is 0 Å². The van der Waals surface area contributed by atoms with Crippen molar-refractivity contribution in [2.24, 2.45) is 0 Å². The van der Waals surface area contributed by atoms with E-state index in [-0.39, 0.29) is 5.91 Å². The predicted octanol–water partition coefficient (Wildman–Crippen LogP) is 1.50. The number of rotatable bonds is 5. The van der Waals surface area contributed by atoms with Crippen molar-refractivity contribution >= 4 is 17.2 Å². The topological polar surface area (TPSA) is 58.9 Å². The molecule has 2 aromatic rings. The number of carbonyl (C=O) groups is 1. The van der Waals surface area contributed by atoms with E-state index in [1.165, 1.54) is 0 Å². The van der Waals surface area contributed by atoms with Crippen molar-refractivity contribution < 1.29 is 4.79 Å². The summed E-state index contributed by atoms with van der Waals surface area (Å²) in [6, 6.07) is 1.91. The Balaban J connectivity index is 2.24. The zero-order chi connectivity index (χ0) is 13.8. The normalized spacial score (nSPS) is 10.7. The van der Waals surface area contributed by atoms with Gasteiger partial charge in [0.1, 0.15) is 0 Å². The van der Waals surface area contributed by atoms with Crippen LogP contribution in [0.3, 0.4) is 0 Å². The number of thiazole rings is 1. The summed E-state index contributed by atoms with van der Waals surface area (Å²) < 4.78 is 2.01. The van der Waals surface area contributed by atoms with Crippen LogP contribution >= 0.6 is 11.3 Å². The fourth-order valence-corrected chi connectivity index (χ4v) is 2.76. The first-order chi connectivity index (χ1) is 9.15. The maximum atomic E-state index is 12.1. The molecule has 0 saturated carbocycles. The third-order valence-corrected chi connectivity index (χ3v) is 3.70. The smallest absolute Gasteiger partial charge is 0.253 e. The Kier molecular flexibility index (Phi) is 4.34. The highest BCUT2D eigenvalue weighted by Crippen LogP contribution is 2.22. The predicted molar refractivity (Wildman–Crippen MR) is 77.2 cm³/mol. The molecule has 1 amide bonds. The molecule has 0 atom stereocenters. The van der Waals surface area contributed by atoms with E-state index in [0.29, 0.717) is 12.1 Å². The second-order valence-corrected chi connectivity index (χ2v) is 5.17. The molecule has 0 aliphatic rings. The Hall–Kier alpha value is -1.66. The molecular weight excluding hydrogens is 260 g/mol. The number of hydrogen-bond acceptors (Lipinski definition) is 4. The van der Waals surface area contributed by atoms with E-state index >= 15 is 0 Å². The fourth-order valence-electron chi connectivity index (χ4n) is 2.01. The molecule has 0 unspecified atom stereocenters. The Morgan fingerprint density at radius 3 is 2.84 bits per heavy atom. The van der Waals surface area contributed by atoms with E-state index in [9.17, 15) is 4.79 Å². The Bertz CT molecular complexity index is 559. The van der Waals surface area contributed by atoms with E-state index in [2.05, 4.69) is 15.6 Å². The highest BCUT2D eigenvalue weighted by Gasteiger charge is 2.17. The van der Waals surface area contributed by atoms with E-state index in [0.717, 1.165) is 23.1 Å². The van der Waals surface area contributed by atoms with Crippen molar-refractivity contribution in [3.63, 3.8) is 0 Å². The van der Waals surface area contributed by atoms with Gasteiger partial charge in [-0.1, -0.05) is 0 Å². The summed E-state index contributed by atoms with van der Waals surface area (Å²) in [5, 5.41) is 8.72. The van der Waals surface area contributed by atoms with Crippen LogP contribution in [0.15, 0.2) is 17.6 Å². The second kappa shape index (κ2) is 5.99. The highest BCUT2D eigenvalue weighted by molar-refractivity contribution is 7.12. The van der Waals surface area contributed by atoms with Gasteiger partial charge in [0.15, 0.2) is 5.13 Å². The summed E-state index contributed by atoms with van der Waals surface area (Å²) in [5.74, 6) is -0.0360. The third kappa shape index (κ3) is 2.85. The number of amides is 1. The monoisotopic (exact) mass is 278 g/mol. The summed E-state index contributed by atoms with van der Waals surface area (Å²) in [6.45, 7) is 5.31. The molecule has 0 aromatic carbocycles. The lowest BCUT2D eigenvalue weighted by molar-refractivity contribution is 0.0953. The number of aryl methyl sites for hydroxylation is 1. The largest absolute Gasteiger partial charge is 0.351 e. The molecule has 0 radical (unpaired) electrons. The zero-order valence-corrected chi connectivity index (χ0v) is 12.2. The quantitative estimate of drug-likeness (QED) is 0.815. The van der Waals surface area contributed by atoms with Gasteiger partial charge in [-0.25, -0.2) is 4.98 Å². The maximum absolute atomic E-state index is 12.1. The molecule has 0 bridgehead atoms. The molecule has 6 heteroatoms. The molecule has 2 aromatic heterocycles. The molecule has 0 fully saturated rings. The molecule has 2 N–H and O–H groups in total. The van der Waals surface area contributed by atoms with Crippen LogP contribution in [0.2, 0.25) is 0 Å². The number of likely N-dealkylation sites (N-methyl/N-ethyl adjacent to an activating group) is 1. The lowest BCUT2D eigenvalue weighted by atomic mass is 10.2. The molecular formula is C13H18N4OS. The van der Waals surface area contributed by atoms with Gasteiger partial charge in [-0.3, -0.25) is 9.36 Å². The number of carbonyl (C=O) groups excluding carboxylic acids is 1. The van der Waals surface area contributed by atoms with Crippen LogP contribution in [0, 0.1) is 13.8 Å². The lowest BCUT2D eigenvalue weighted by Gasteiger charge is -2.06. The summed E-state index contributed by atoms with van der Waals surface area (Å²) in [4.78, 5) is 16.4. The summed E-state index contributed by atoms with van der Waals surface area (Å²) in [7, 11) is 1.86. The fraction of sp³-hybridized carbons (Fsp3) is 0.385. The average molecular weight is 278 g/mol. The molecule has 19 heavy (non-hydrogen) atoms. The van der Waals surface area contributed by atoms with Gasteiger partial charge in [-0.05, 0) is 27.0 Å². The van der Waals surface area contributed by atoms with Crippen LogP contribution in [0.5, 0.6) is 0 Å². The van der Waals surface area contributed by atoms with Crippen molar-refractivity contribution in [3.05, 3.63) is 34.6 Å². The van der Waals surface area contributed by atoms with Crippen molar-refractivity contribution in [2.45, 2.75) is 13.8 Å². The van der Waals surface area contributed by atoms with Gasteiger partial charge < -0.3 is 10.6 Å². The van der Waals surface area contributed by atoms with Crippen molar-refractivity contribution in [3.8, 4) is 5.13 Å².